The van der Waals surface area contributed by atoms with E-state index in [-0.39, 0.29) is 17.9 Å². The van der Waals surface area contributed by atoms with Gasteiger partial charge in [-0.15, -0.1) is 0 Å². The number of para-hydroxylation sites is 1. The molecule has 5 rings (SSSR count). The SMILES string of the molecule is CC(C)c1nc2ccc(C(=O)N3CCC4(CCCCc5ccccc5OC[C@H](C)NC4=O)CC3)cc2[nH]1. The van der Waals surface area contributed by atoms with Crippen molar-refractivity contribution in [1.82, 2.24) is 20.2 Å². The Balaban J connectivity index is 1.27. The molecule has 7 nitrogen and oxygen atoms in total. The number of nitrogens with zero attached hydrogens (tertiary/aromatic N) is 2. The van der Waals surface area contributed by atoms with Gasteiger partial charge in [0.15, 0.2) is 0 Å². The van der Waals surface area contributed by atoms with Crippen LogP contribution in [0.5, 0.6) is 5.75 Å². The van der Waals surface area contributed by atoms with Crippen molar-refractivity contribution in [2.45, 2.75) is 71.3 Å². The van der Waals surface area contributed by atoms with Crippen molar-refractivity contribution < 1.29 is 14.3 Å². The van der Waals surface area contributed by atoms with Crippen molar-refractivity contribution in [3.05, 3.63) is 59.4 Å². The van der Waals surface area contributed by atoms with E-state index < -0.39 is 5.41 Å². The number of fused-ring (bicyclic) bond motifs is 2. The molecule has 7 heteroatoms. The van der Waals surface area contributed by atoms with Gasteiger partial charge in [0.25, 0.3) is 5.91 Å². The van der Waals surface area contributed by atoms with Crippen LogP contribution < -0.4 is 10.1 Å². The largest absolute Gasteiger partial charge is 0.491 e. The van der Waals surface area contributed by atoms with E-state index in [1.54, 1.807) is 0 Å². The summed E-state index contributed by atoms with van der Waals surface area (Å²) in [4.78, 5) is 36.8. The molecule has 1 fully saturated rings. The number of ether oxygens (including phenoxy) is 1. The maximum absolute atomic E-state index is 13.5. The lowest BCUT2D eigenvalue weighted by atomic mass is 9.73. The van der Waals surface area contributed by atoms with Crippen molar-refractivity contribution >= 4 is 22.8 Å². The Morgan fingerprint density at radius 3 is 2.68 bits per heavy atom. The van der Waals surface area contributed by atoms with Gasteiger partial charge in [-0.3, -0.25) is 9.59 Å². The van der Waals surface area contributed by atoms with E-state index >= 15 is 0 Å². The molecule has 0 unspecified atom stereocenters. The number of carbonyl (C=O) groups excluding carboxylic acids is 2. The molecular formula is C30H38N4O3. The van der Waals surface area contributed by atoms with Crippen LogP contribution >= 0.6 is 0 Å². The monoisotopic (exact) mass is 502 g/mol. The van der Waals surface area contributed by atoms with Crippen LogP contribution in [0.15, 0.2) is 42.5 Å². The van der Waals surface area contributed by atoms with E-state index in [9.17, 15) is 9.59 Å². The third-order valence-electron chi connectivity index (χ3n) is 7.97. The summed E-state index contributed by atoms with van der Waals surface area (Å²) in [6.07, 6.45) is 5.13. The smallest absolute Gasteiger partial charge is 0.253 e. The highest BCUT2D eigenvalue weighted by atomic mass is 16.5. The Morgan fingerprint density at radius 2 is 1.89 bits per heavy atom. The molecule has 0 radical (unpaired) electrons. The number of imidazole rings is 1. The van der Waals surface area contributed by atoms with Gasteiger partial charge in [-0.05, 0) is 68.9 Å². The number of amides is 2. The average Bonchev–Trinajstić information content (AvgIpc) is 3.34. The van der Waals surface area contributed by atoms with Gasteiger partial charge in [0.05, 0.1) is 22.5 Å². The van der Waals surface area contributed by atoms with Crippen molar-refractivity contribution in [3.8, 4) is 5.75 Å². The highest BCUT2D eigenvalue weighted by Crippen LogP contribution is 2.38. The highest BCUT2D eigenvalue weighted by molar-refractivity contribution is 5.97. The summed E-state index contributed by atoms with van der Waals surface area (Å²) in [5.41, 5.74) is 3.22. The Bertz CT molecular complexity index is 1270. The molecule has 2 aliphatic rings. The van der Waals surface area contributed by atoms with Gasteiger partial charge in [-0.25, -0.2) is 4.98 Å². The molecule has 1 saturated heterocycles. The summed E-state index contributed by atoms with van der Waals surface area (Å²) in [5.74, 6) is 2.26. The molecule has 0 saturated carbocycles. The van der Waals surface area contributed by atoms with Gasteiger partial charge in [0, 0.05) is 24.6 Å². The molecule has 196 valence electrons. The first-order valence-electron chi connectivity index (χ1n) is 13.7. The molecule has 2 N–H and O–H groups in total. The lowest BCUT2D eigenvalue weighted by molar-refractivity contribution is -0.135. The van der Waals surface area contributed by atoms with Crippen molar-refractivity contribution in [2.75, 3.05) is 19.7 Å². The molecule has 1 spiro atoms. The predicted molar refractivity (Wildman–Crippen MR) is 145 cm³/mol. The number of hydrogen-bond donors (Lipinski definition) is 2. The van der Waals surface area contributed by atoms with E-state index in [1.807, 2.05) is 42.2 Å². The molecule has 3 aromatic rings. The summed E-state index contributed by atoms with van der Waals surface area (Å²) in [6, 6.07) is 13.8. The van der Waals surface area contributed by atoms with Gasteiger partial charge >= 0.3 is 0 Å². The first-order chi connectivity index (χ1) is 17.8. The summed E-state index contributed by atoms with van der Waals surface area (Å²) < 4.78 is 6.06. The summed E-state index contributed by atoms with van der Waals surface area (Å²) in [5, 5.41) is 3.22. The normalized spacial score (nSPS) is 20.6. The fourth-order valence-corrected chi connectivity index (χ4v) is 5.61. The van der Waals surface area contributed by atoms with Crippen LogP contribution in [0, 0.1) is 5.41 Å². The predicted octanol–water partition coefficient (Wildman–Crippen LogP) is 5.22. The molecule has 1 atom stereocenters. The van der Waals surface area contributed by atoms with Crippen LogP contribution in [0.1, 0.15) is 80.5 Å². The van der Waals surface area contributed by atoms with Crippen molar-refractivity contribution in [1.29, 1.82) is 0 Å². The zero-order valence-corrected chi connectivity index (χ0v) is 22.2. The Labute approximate surface area is 219 Å². The standard InChI is InChI=1S/C30H38N4O3/c1-20(2)27-32-24-12-11-23(18-25(24)33-27)28(35)34-16-14-30(15-17-34)13-7-6-9-22-8-4-5-10-26(22)37-19-21(3)31-29(30)36/h4-5,8,10-12,18,20-21H,6-7,9,13-17,19H2,1-3H3,(H,31,36)(H,32,33)/t21-/m0/s1. The lowest BCUT2D eigenvalue weighted by Crippen LogP contribution is -2.52. The number of likely N-dealkylation sites (tertiary alicyclic amines) is 1. The number of H-pyrrole nitrogens is 1. The second-order valence-corrected chi connectivity index (χ2v) is 11.1. The topological polar surface area (TPSA) is 87.3 Å². The van der Waals surface area contributed by atoms with Gasteiger partial charge in [0.1, 0.15) is 18.2 Å². The number of carbonyl (C=O) groups is 2. The van der Waals surface area contributed by atoms with E-state index in [2.05, 4.69) is 41.3 Å². The number of nitrogens with one attached hydrogen (secondary N) is 2. The van der Waals surface area contributed by atoms with E-state index in [4.69, 9.17) is 4.74 Å². The zero-order valence-electron chi connectivity index (χ0n) is 22.2. The van der Waals surface area contributed by atoms with Crippen LogP contribution in [0.3, 0.4) is 0 Å². The van der Waals surface area contributed by atoms with Gasteiger partial charge < -0.3 is 19.9 Å². The van der Waals surface area contributed by atoms with Gasteiger partial charge in [-0.1, -0.05) is 38.5 Å². The number of aromatic nitrogens is 2. The third-order valence-corrected chi connectivity index (χ3v) is 7.97. The van der Waals surface area contributed by atoms with Crippen molar-refractivity contribution in [3.63, 3.8) is 0 Å². The zero-order chi connectivity index (χ0) is 26.0. The maximum atomic E-state index is 13.5. The summed E-state index contributed by atoms with van der Waals surface area (Å²) in [6.45, 7) is 7.79. The van der Waals surface area contributed by atoms with Gasteiger partial charge in [0.2, 0.25) is 5.91 Å². The number of aromatic amines is 1. The maximum Gasteiger partial charge on any atom is 0.253 e. The second kappa shape index (κ2) is 10.6. The first-order valence-corrected chi connectivity index (χ1v) is 13.7. The van der Waals surface area contributed by atoms with Crippen LogP contribution in [0.2, 0.25) is 0 Å². The molecule has 0 aliphatic carbocycles. The molecule has 37 heavy (non-hydrogen) atoms. The lowest BCUT2D eigenvalue weighted by Gasteiger charge is -2.41. The Morgan fingerprint density at radius 1 is 1.11 bits per heavy atom. The minimum Gasteiger partial charge on any atom is -0.491 e. The third kappa shape index (κ3) is 5.36. The number of aryl methyl sites for hydroxylation is 1. The molecule has 0 bridgehead atoms. The van der Waals surface area contributed by atoms with Crippen LogP contribution in [0.4, 0.5) is 0 Å². The van der Waals surface area contributed by atoms with E-state index in [0.29, 0.717) is 44.0 Å². The van der Waals surface area contributed by atoms with Crippen LogP contribution in [-0.4, -0.2) is 52.4 Å². The van der Waals surface area contributed by atoms with Gasteiger partial charge in [-0.2, -0.15) is 0 Å². The Hall–Kier alpha value is -3.35. The second-order valence-electron chi connectivity index (χ2n) is 11.1. The average molecular weight is 503 g/mol. The van der Waals surface area contributed by atoms with E-state index in [1.165, 1.54) is 5.56 Å². The van der Waals surface area contributed by atoms with E-state index in [0.717, 1.165) is 48.3 Å². The number of piperidine rings is 1. The fourth-order valence-electron chi connectivity index (χ4n) is 5.61. The summed E-state index contributed by atoms with van der Waals surface area (Å²) >= 11 is 0. The minimum absolute atomic E-state index is 0.0179. The first kappa shape index (κ1) is 25.3. The molecule has 3 heterocycles. The molecule has 2 aliphatic heterocycles. The molecular weight excluding hydrogens is 464 g/mol. The summed E-state index contributed by atoms with van der Waals surface area (Å²) in [7, 11) is 0. The number of benzene rings is 2. The quantitative estimate of drug-likeness (QED) is 0.503. The van der Waals surface area contributed by atoms with Crippen LogP contribution in [0.25, 0.3) is 11.0 Å². The fraction of sp³-hybridized carbons (Fsp3) is 0.500. The minimum atomic E-state index is -0.441. The highest BCUT2D eigenvalue weighted by Gasteiger charge is 2.42. The number of hydrogen-bond acceptors (Lipinski definition) is 4. The van der Waals surface area contributed by atoms with Crippen LogP contribution in [-0.2, 0) is 11.2 Å². The molecule has 2 aromatic carbocycles. The Kier molecular flexibility index (Phi) is 7.22. The number of rotatable bonds is 2. The molecule has 1 aromatic heterocycles. The van der Waals surface area contributed by atoms with Crippen molar-refractivity contribution in [2.24, 2.45) is 5.41 Å². The molecule has 2 amide bonds.